The summed E-state index contributed by atoms with van der Waals surface area (Å²) in [5.41, 5.74) is 4.32. The maximum Gasteiger partial charge on any atom is 0.240 e. The minimum Gasteiger partial charge on any atom is -0.299 e. The van der Waals surface area contributed by atoms with Gasteiger partial charge >= 0.3 is 0 Å². The van der Waals surface area contributed by atoms with Crippen LogP contribution >= 0.6 is 0 Å². The Morgan fingerprint density at radius 3 is 2.32 bits per heavy atom. The molecular weight excluding hydrogens is 332 g/mol. The largest absolute Gasteiger partial charge is 0.299 e. The van der Waals surface area contributed by atoms with Crippen LogP contribution < -0.4 is 4.72 Å². The average molecular weight is 359 g/mol. The van der Waals surface area contributed by atoms with Crippen LogP contribution in [0.1, 0.15) is 35.1 Å². The van der Waals surface area contributed by atoms with Crippen molar-refractivity contribution in [2.24, 2.45) is 0 Å². The van der Waals surface area contributed by atoms with E-state index in [4.69, 9.17) is 0 Å². The molecule has 0 aliphatic carbocycles. The Kier molecular flexibility index (Phi) is 5.57. The second kappa shape index (κ2) is 7.68. The lowest BCUT2D eigenvalue weighted by molar-refractivity contribution is 0.330. The molecule has 0 spiro atoms. The molecule has 25 heavy (non-hydrogen) atoms. The van der Waals surface area contributed by atoms with Crippen LogP contribution in [0.5, 0.6) is 0 Å². The van der Waals surface area contributed by atoms with E-state index < -0.39 is 10.0 Å². The molecule has 4 nitrogen and oxygen atoms in total. The van der Waals surface area contributed by atoms with E-state index in [9.17, 15) is 8.42 Å². The first-order chi connectivity index (χ1) is 12.0. The van der Waals surface area contributed by atoms with Crippen molar-refractivity contribution in [3.05, 3.63) is 64.7 Å². The third-order valence-electron chi connectivity index (χ3n) is 4.95. The first-order valence-corrected chi connectivity index (χ1v) is 10.3. The molecule has 1 aliphatic rings. The minimum atomic E-state index is -3.51. The Hall–Kier alpha value is -1.69. The van der Waals surface area contributed by atoms with Crippen LogP contribution in [0, 0.1) is 13.8 Å². The maximum absolute atomic E-state index is 12.6. The van der Waals surface area contributed by atoms with Gasteiger partial charge in [0.15, 0.2) is 0 Å². The van der Waals surface area contributed by atoms with Crippen LogP contribution in [0.3, 0.4) is 0 Å². The molecule has 0 amide bonds. The highest BCUT2D eigenvalue weighted by Gasteiger charge is 2.17. The number of nitrogens with zero attached hydrogens (tertiary/aromatic N) is 1. The summed E-state index contributed by atoms with van der Waals surface area (Å²) in [6.07, 6.45) is 2.50. The van der Waals surface area contributed by atoms with Crippen molar-refractivity contribution in [1.82, 2.24) is 9.62 Å². The second-order valence-electron chi connectivity index (χ2n) is 6.82. The van der Waals surface area contributed by atoms with Gasteiger partial charge in [-0.3, -0.25) is 4.90 Å². The Labute approximate surface area is 150 Å². The Bertz CT molecular complexity index is 841. The summed E-state index contributed by atoms with van der Waals surface area (Å²) in [5.74, 6) is 0. The van der Waals surface area contributed by atoms with Crippen LogP contribution in [0.2, 0.25) is 0 Å². The number of nitrogens with one attached hydrogen (secondary N) is 1. The van der Waals surface area contributed by atoms with Crippen molar-refractivity contribution in [2.45, 2.75) is 44.7 Å². The molecule has 0 bridgehead atoms. The summed E-state index contributed by atoms with van der Waals surface area (Å²) in [7, 11) is -3.51. The Morgan fingerprint density at radius 1 is 0.960 bits per heavy atom. The van der Waals surface area contributed by atoms with E-state index in [0.717, 1.165) is 36.3 Å². The highest BCUT2D eigenvalue weighted by molar-refractivity contribution is 7.89. The van der Waals surface area contributed by atoms with Gasteiger partial charge < -0.3 is 0 Å². The lowest BCUT2D eigenvalue weighted by Gasteiger charge is -2.18. The van der Waals surface area contributed by atoms with Crippen LogP contribution in [0.15, 0.2) is 47.4 Å². The Balaban J connectivity index is 1.73. The second-order valence-corrected chi connectivity index (χ2v) is 8.59. The van der Waals surface area contributed by atoms with Crippen LogP contribution in [0.4, 0.5) is 0 Å². The fraction of sp³-hybridized carbons (Fsp3) is 0.400. The Morgan fingerprint density at radius 2 is 1.64 bits per heavy atom. The van der Waals surface area contributed by atoms with Gasteiger partial charge in [0.25, 0.3) is 0 Å². The van der Waals surface area contributed by atoms with Crippen LogP contribution in [0.25, 0.3) is 0 Å². The number of rotatable bonds is 6. The van der Waals surface area contributed by atoms with Crippen molar-refractivity contribution >= 4 is 10.0 Å². The zero-order valence-electron chi connectivity index (χ0n) is 15.0. The topological polar surface area (TPSA) is 49.4 Å². The molecule has 1 aliphatic heterocycles. The van der Waals surface area contributed by atoms with Crippen molar-refractivity contribution < 1.29 is 8.42 Å². The van der Waals surface area contributed by atoms with Crippen LogP contribution in [-0.4, -0.2) is 26.4 Å². The maximum atomic E-state index is 12.6. The monoisotopic (exact) mass is 358 g/mol. The average Bonchev–Trinajstić information content (AvgIpc) is 3.09. The molecule has 0 atom stereocenters. The van der Waals surface area contributed by atoms with Gasteiger partial charge in [0.1, 0.15) is 0 Å². The fourth-order valence-electron chi connectivity index (χ4n) is 3.20. The molecule has 1 fully saturated rings. The van der Waals surface area contributed by atoms with Crippen molar-refractivity contribution in [1.29, 1.82) is 0 Å². The number of aryl methyl sites for hydroxylation is 2. The zero-order valence-corrected chi connectivity index (χ0v) is 15.8. The van der Waals surface area contributed by atoms with Gasteiger partial charge in [-0.15, -0.1) is 0 Å². The summed E-state index contributed by atoms with van der Waals surface area (Å²) >= 11 is 0. The van der Waals surface area contributed by atoms with Gasteiger partial charge in [-0.05, 0) is 74.2 Å². The van der Waals surface area contributed by atoms with Gasteiger partial charge in [-0.25, -0.2) is 13.1 Å². The smallest absolute Gasteiger partial charge is 0.240 e. The predicted octanol–water partition coefficient (Wildman–Crippen LogP) is 3.38. The lowest BCUT2D eigenvalue weighted by atomic mass is 10.1. The molecule has 2 aromatic rings. The van der Waals surface area contributed by atoms with E-state index in [-0.39, 0.29) is 0 Å². The number of hydrogen-bond donors (Lipinski definition) is 1. The standard InChI is InChI=1S/C20H26N2O2S/c1-16-9-10-20(13-17(16)2)25(23,24)21-14-18-7-3-4-8-19(18)15-22-11-5-6-12-22/h3-4,7-10,13,21H,5-6,11-12,14-15H2,1-2H3. The number of likely N-dealkylation sites (tertiary alicyclic amines) is 1. The lowest BCUT2D eigenvalue weighted by Crippen LogP contribution is -2.25. The molecule has 1 saturated heterocycles. The molecule has 5 heteroatoms. The highest BCUT2D eigenvalue weighted by Crippen LogP contribution is 2.18. The van der Waals surface area contributed by atoms with E-state index in [1.165, 1.54) is 18.4 Å². The summed E-state index contributed by atoms with van der Waals surface area (Å²) in [5, 5.41) is 0. The fourth-order valence-corrected chi connectivity index (χ4v) is 4.29. The summed E-state index contributed by atoms with van der Waals surface area (Å²) in [6, 6.07) is 13.3. The summed E-state index contributed by atoms with van der Waals surface area (Å²) in [6.45, 7) is 7.37. The molecule has 2 aromatic carbocycles. The quantitative estimate of drug-likeness (QED) is 0.861. The first kappa shape index (κ1) is 18.1. The molecule has 0 radical (unpaired) electrons. The number of sulfonamides is 1. The summed E-state index contributed by atoms with van der Waals surface area (Å²) < 4.78 is 28.0. The third-order valence-corrected chi connectivity index (χ3v) is 6.35. The normalized spacial score (nSPS) is 15.6. The van der Waals surface area contributed by atoms with Gasteiger partial charge in [0, 0.05) is 13.1 Å². The molecular formula is C20H26N2O2S. The molecule has 134 valence electrons. The molecule has 1 heterocycles. The summed E-state index contributed by atoms with van der Waals surface area (Å²) in [4.78, 5) is 2.75. The predicted molar refractivity (Wildman–Crippen MR) is 101 cm³/mol. The van der Waals surface area contributed by atoms with Crippen molar-refractivity contribution in [3.63, 3.8) is 0 Å². The molecule has 0 saturated carbocycles. The van der Waals surface area contributed by atoms with E-state index in [0.29, 0.717) is 11.4 Å². The van der Waals surface area contributed by atoms with E-state index in [1.54, 1.807) is 12.1 Å². The van der Waals surface area contributed by atoms with Crippen LogP contribution in [-0.2, 0) is 23.1 Å². The highest BCUT2D eigenvalue weighted by atomic mass is 32.2. The third kappa shape index (κ3) is 4.48. The SMILES string of the molecule is Cc1ccc(S(=O)(=O)NCc2ccccc2CN2CCCC2)cc1C. The number of benzene rings is 2. The van der Waals surface area contributed by atoms with E-state index >= 15 is 0 Å². The van der Waals surface area contributed by atoms with Gasteiger partial charge in [0.05, 0.1) is 4.90 Å². The van der Waals surface area contributed by atoms with E-state index in [1.807, 2.05) is 38.1 Å². The molecule has 1 N–H and O–H groups in total. The molecule has 0 aromatic heterocycles. The van der Waals surface area contributed by atoms with Crippen molar-refractivity contribution in [3.8, 4) is 0 Å². The van der Waals surface area contributed by atoms with E-state index in [2.05, 4.69) is 15.7 Å². The van der Waals surface area contributed by atoms with Crippen molar-refractivity contribution in [2.75, 3.05) is 13.1 Å². The van der Waals surface area contributed by atoms with Gasteiger partial charge in [-0.1, -0.05) is 30.3 Å². The first-order valence-electron chi connectivity index (χ1n) is 8.82. The zero-order chi connectivity index (χ0) is 17.9. The van der Waals surface area contributed by atoms with Gasteiger partial charge in [-0.2, -0.15) is 0 Å². The molecule has 3 rings (SSSR count). The number of hydrogen-bond acceptors (Lipinski definition) is 3. The van der Waals surface area contributed by atoms with Gasteiger partial charge in [0.2, 0.25) is 10.0 Å². The minimum absolute atomic E-state index is 0.319. The molecule has 0 unspecified atom stereocenters.